The maximum Gasteiger partial charge on any atom is 0.186 e. The minimum Gasteiger partial charge on any atom is -0.356 e. The number of nitrogens with zero attached hydrogens (tertiary/aromatic N) is 3. The average Bonchev–Trinajstić information content (AvgIpc) is 3.06. The van der Waals surface area contributed by atoms with Gasteiger partial charge in [-0.05, 0) is 19.8 Å². The van der Waals surface area contributed by atoms with Gasteiger partial charge >= 0.3 is 0 Å². The third-order valence-corrected chi connectivity index (χ3v) is 2.76. The first-order valence-electron chi connectivity index (χ1n) is 5.60. The molecule has 1 aliphatic carbocycles. The van der Waals surface area contributed by atoms with Crippen LogP contribution in [-0.2, 0) is 0 Å². The lowest BCUT2D eigenvalue weighted by Crippen LogP contribution is -2.31. The van der Waals surface area contributed by atoms with E-state index in [1.807, 2.05) is 11.9 Å². The van der Waals surface area contributed by atoms with E-state index in [9.17, 15) is 4.39 Å². The largest absolute Gasteiger partial charge is 0.356 e. The lowest BCUT2D eigenvalue weighted by molar-refractivity contribution is 0.590. The quantitative estimate of drug-likeness (QED) is 0.813. The molecule has 2 rings (SSSR count). The van der Waals surface area contributed by atoms with Gasteiger partial charge in [-0.2, -0.15) is 0 Å². The number of hydrogen-bond acceptors (Lipinski definition) is 4. The standard InChI is InChI=1S/C11H17FN4/c1-8-10(12)11(15-7-14-8)16(2)6-5-13-9-3-4-9/h7,9,13H,3-6H2,1-2H3. The fourth-order valence-electron chi connectivity index (χ4n) is 1.54. The maximum atomic E-state index is 13.7. The molecule has 16 heavy (non-hydrogen) atoms. The molecule has 5 heteroatoms. The molecule has 1 fully saturated rings. The maximum absolute atomic E-state index is 13.7. The van der Waals surface area contributed by atoms with Gasteiger partial charge in [-0.1, -0.05) is 0 Å². The molecular formula is C11H17FN4. The van der Waals surface area contributed by atoms with Gasteiger partial charge in [0.1, 0.15) is 6.33 Å². The highest BCUT2D eigenvalue weighted by Crippen LogP contribution is 2.18. The van der Waals surface area contributed by atoms with Crippen molar-refractivity contribution in [2.75, 3.05) is 25.0 Å². The summed E-state index contributed by atoms with van der Waals surface area (Å²) in [7, 11) is 1.85. The molecule has 0 amide bonds. The molecule has 4 nitrogen and oxygen atoms in total. The van der Waals surface area contributed by atoms with Crippen LogP contribution >= 0.6 is 0 Å². The normalized spacial score (nSPS) is 15.2. The Balaban J connectivity index is 1.91. The molecule has 0 spiro atoms. The van der Waals surface area contributed by atoms with Crippen molar-refractivity contribution >= 4 is 5.82 Å². The summed E-state index contributed by atoms with van der Waals surface area (Å²) in [6, 6.07) is 0.686. The lowest BCUT2D eigenvalue weighted by Gasteiger charge is -2.19. The Morgan fingerprint density at radius 2 is 2.25 bits per heavy atom. The number of halogens is 1. The van der Waals surface area contributed by atoms with Crippen LogP contribution in [0, 0.1) is 12.7 Å². The highest BCUT2D eigenvalue weighted by Gasteiger charge is 2.20. The van der Waals surface area contributed by atoms with E-state index >= 15 is 0 Å². The average molecular weight is 224 g/mol. The van der Waals surface area contributed by atoms with Crippen molar-refractivity contribution in [3.8, 4) is 0 Å². The van der Waals surface area contributed by atoms with E-state index in [-0.39, 0.29) is 5.82 Å². The number of hydrogen-bond donors (Lipinski definition) is 1. The lowest BCUT2D eigenvalue weighted by atomic mass is 10.4. The zero-order valence-electron chi connectivity index (χ0n) is 9.70. The van der Waals surface area contributed by atoms with Crippen LogP contribution in [0.5, 0.6) is 0 Å². The molecule has 0 atom stereocenters. The monoisotopic (exact) mass is 224 g/mol. The van der Waals surface area contributed by atoms with Crippen LogP contribution in [0.2, 0.25) is 0 Å². The fourth-order valence-corrected chi connectivity index (χ4v) is 1.54. The molecule has 1 aromatic rings. The molecule has 1 saturated carbocycles. The van der Waals surface area contributed by atoms with Crippen molar-refractivity contribution in [2.24, 2.45) is 0 Å². The summed E-state index contributed by atoms with van der Waals surface area (Å²) in [5.74, 6) is 0.0570. The molecule has 0 aliphatic heterocycles. The van der Waals surface area contributed by atoms with E-state index in [1.54, 1.807) is 6.92 Å². The Kier molecular flexibility index (Phi) is 3.33. The zero-order valence-corrected chi connectivity index (χ0v) is 9.70. The van der Waals surface area contributed by atoms with E-state index in [0.29, 0.717) is 17.6 Å². The third kappa shape index (κ3) is 2.66. The van der Waals surface area contributed by atoms with Crippen molar-refractivity contribution in [3.05, 3.63) is 17.8 Å². The van der Waals surface area contributed by atoms with Gasteiger partial charge in [0.05, 0.1) is 5.69 Å². The Labute approximate surface area is 94.9 Å². The van der Waals surface area contributed by atoms with Gasteiger partial charge in [0.25, 0.3) is 0 Å². The molecule has 1 N–H and O–H groups in total. The summed E-state index contributed by atoms with van der Waals surface area (Å²) in [4.78, 5) is 9.60. The molecule has 0 saturated heterocycles. The van der Waals surface area contributed by atoms with Crippen molar-refractivity contribution in [2.45, 2.75) is 25.8 Å². The van der Waals surface area contributed by atoms with E-state index in [2.05, 4.69) is 15.3 Å². The molecule has 88 valence electrons. The Morgan fingerprint density at radius 3 is 2.94 bits per heavy atom. The summed E-state index contributed by atoms with van der Waals surface area (Å²) in [6.45, 7) is 3.27. The van der Waals surface area contributed by atoms with Crippen molar-refractivity contribution in [3.63, 3.8) is 0 Å². The second-order valence-electron chi connectivity index (χ2n) is 4.25. The van der Waals surface area contributed by atoms with Gasteiger partial charge in [0.2, 0.25) is 0 Å². The van der Waals surface area contributed by atoms with Gasteiger partial charge in [0, 0.05) is 26.2 Å². The van der Waals surface area contributed by atoms with E-state index in [0.717, 1.165) is 13.1 Å². The summed E-state index contributed by atoms with van der Waals surface area (Å²) in [6.07, 6.45) is 3.94. The van der Waals surface area contributed by atoms with Crippen LogP contribution in [0.3, 0.4) is 0 Å². The third-order valence-electron chi connectivity index (χ3n) is 2.76. The predicted octanol–water partition coefficient (Wildman–Crippen LogP) is 1.11. The van der Waals surface area contributed by atoms with Crippen LogP contribution in [0.1, 0.15) is 18.5 Å². The summed E-state index contributed by atoms with van der Waals surface area (Å²) in [5, 5.41) is 3.38. The number of likely N-dealkylation sites (N-methyl/N-ethyl adjacent to an activating group) is 1. The van der Waals surface area contributed by atoms with Gasteiger partial charge in [-0.15, -0.1) is 0 Å². The molecule has 0 bridgehead atoms. The molecule has 0 radical (unpaired) electrons. The Morgan fingerprint density at radius 1 is 1.50 bits per heavy atom. The minimum absolute atomic E-state index is 0.323. The van der Waals surface area contributed by atoms with Crippen molar-refractivity contribution < 1.29 is 4.39 Å². The second kappa shape index (κ2) is 4.74. The molecule has 1 heterocycles. The zero-order chi connectivity index (χ0) is 11.5. The predicted molar refractivity (Wildman–Crippen MR) is 61.0 cm³/mol. The Bertz CT molecular complexity index is 365. The molecule has 1 aliphatic rings. The highest BCUT2D eigenvalue weighted by atomic mass is 19.1. The fraction of sp³-hybridized carbons (Fsp3) is 0.636. The highest BCUT2D eigenvalue weighted by molar-refractivity contribution is 5.39. The van der Waals surface area contributed by atoms with Gasteiger partial charge in [0.15, 0.2) is 11.6 Å². The van der Waals surface area contributed by atoms with Gasteiger partial charge in [-0.3, -0.25) is 0 Å². The summed E-state index contributed by atoms with van der Waals surface area (Å²) in [5.41, 5.74) is 0.395. The number of nitrogens with one attached hydrogen (secondary N) is 1. The van der Waals surface area contributed by atoms with Crippen LogP contribution in [0.15, 0.2) is 6.33 Å². The number of aryl methyl sites for hydroxylation is 1. The van der Waals surface area contributed by atoms with E-state index in [1.165, 1.54) is 19.2 Å². The number of anilines is 1. The minimum atomic E-state index is -0.323. The summed E-state index contributed by atoms with van der Waals surface area (Å²) < 4.78 is 13.7. The first-order chi connectivity index (χ1) is 7.68. The van der Waals surface area contributed by atoms with Gasteiger partial charge < -0.3 is 10.2 Å². The van der Waals surface area contributed by atoms with Crippen LogP contribution in [0.25, 0.3) is 0 Å². The van der Waals surface area contributed by atoms with Crippen LogP contribution in [-0.4, -0.2) is 36.1 Å². The van der Waals surface area contributed by atoms with Crippen LogP contribution in [0.4, 0.5) is 10.2 Å². The number of rotatable bonds is 5. The smallest absolute Gasteiger partial charge is 0.186 e. The second-order valence-corrected chi connectivity index (χ2v) is 4.25. The SMILES string of the molecule is Cc1ncnc(N(C)CCNC2CC2)c1F. The molecule has 1 aromatic heterocycles. The molecular weight excluding hydrogens is 207 g/mol. The van der Waals surface area contributed by atoms with E-state index in [4.69, 9.17) is 0 Å². The summed E-state index contributed by atoms with van der Waals surface area (Å²) >= 11 is 0. The van der Waals surface area contributed by atoms with Crippen LogP contribution < -0.4 is 10.2 Å². The van der Waals surface area contributed by atoms with E-state index < -0.39 is 0 Å². The first-order valence-corrected chi connectivity index (χ1v) is 5.60. The van der Waals surface area contributed by atoms with Gasteiger partial charge in [-0.25, -0.2) is 14.4 Å². The van der Waals surface area contributed by atoms with Crippen molar-refractivity contribution in [1.82, 2.24) is 15.3 Å². The molecule has 0 unspecified atom stereocenters. The first kappa shape index (κ1) is 11.3. The van der Waals surface area contributed by atoms with Crippen molar-refractivity contribution in [1.29, 1.82) is 0 Å². The number of aromatic nitrogens is 2. The Hall–Kier alpha value is -1.23. The molecule has 0 aromatic carbocycles. The topological polar surface area (TPSA) is 41.1 Å².